The summed E-state index contributed by atoms with van der Waals surface area (Å²) < 4.78 is 11.2. The summed E-state index contributed by atoms with van der Waals surface area (Å²) in [7, 11) is 0. The smallest absolute Gasteiger partial charge is 0.338 e. The van der Waals surface area contributed by atoms with Crippen molar-refractivity contribution >= 4 is 29.0 Å². The number of fused-ring (bicyclic) bond motifs is 3. The molecule has 1 aliphatic rings. The standard InChI is InChI=1S/C36H30N2O4/c1-22(2)34(39)41-28-17-27(18-29(20-28)42-35(40)23(3)4)38(25-13-11-24(21-37)12-14-25)26-15-16-31-30-9-7-8-10-32(30)36(5,6)33(31)19-26/h7-20H,1,3H2,2,4-6H3. The SMILES string of the molecule is C=C(C)C(=O)Oc1cc(OC(=O)C(=C)C)cc(N(c2ccc(C#N)cc2)c2ccc3c(c2)C(C)(C)c2ccccc2-3)c1. The number of anilines is 3. The van der Waals surface area contributed by atoms with E-state index >= 15 is 0 Å². The lowest BCUT2D eigenvalue weighted by molar-refractivity contribution is -0.130. The Morgan fingerprint density at radius 3 is 1.83 bits per heavy atom. The van der Waals surface area contributed by atoms with E-state index in [0.717, 1.165) is 11.4 Å². The molecule has 0 unspecified atom stereocenters. The average molecular weight is 555 g/mol. The van der Waals surface area contributed by atoms with E-state index in [1.807, 2.05) is 29.2 Å². The molecule has 0 fully saturated rings. The van der Waals surface area contributed by atoms with Crippen molar-refractivity contribution in [1.29, 1.82) is 5.26 Å². The maximum Gasteiger partial charge on any atom is 0.338 e. The summed E-state index contributed by atoms with van der Waals surface area (Å²) in [4.78, 5) is 26.9. The number of carbonyl (C=O) groups excluding carboxylic acids is 2. The number of nitrogens with zero attached hydrogens (tertiary/aromatic N) is 2. The Morgan fingerprint density at radius 1 is 0.714 bits per heavy atom. The van der Waals surface area contributed by atoms with Gasteiger partial charge in [-0.25, -0.2) is 9.59 Å². The number of esters is 2. The van der Waals surface area contributed by atoms with Crippen molar-refractivity contribution < 1.29 is 19.1 Å². The van der Waals surface area contributed by atoms with Crippen LogP contribution in [0, 0.1) is 11.3 Å². The van der Waals surface area contributed by atoms with Crippen LogP contribution in [-0.2, 0) is 15.0 Å². The molecule has 5 rings (SSSR count). The summed E-state index contributed by atoms with van der Waals surface area (Å²) in [5.74, 6) is -0.854. The third kappa shape index (κ3) is 5.21. The lowest BCUT2D eigenvalue weighted by atomic mass is 9.82. The highest BCUT2D eigenvalue weighted by Gasteiger charge is 2.35. The predicted octanol–water partition coefficient (Wildman–Crippen LogP) is 8.30. The number of rotatable bonds is 7. The van der Waals surface area contributed by atoms with Gasteiger partial charge in [0.2, 0.25) is 0 Å². The Kier molecular flexibility index (Phi) is 7.28. The second-order valence-corrected chi connectivity index (χ2v) is 10.9. The van der Waals surface area contributed by atoms with Crippen molar-refractivity contribution in [3.05, 3.63) is 126 Å². The number of hydrogen-bond donors (Lipinski definition) is 0. The Morgan fingerprint density at radius 2 is 1.26 bits per heavy atom. The molecule has 4 aromatic rings. The fourth-order valence-corrected chi connectivity index (χ4v) is 5.16. The second kappa shape index (κ2) is 10.9. The van der Waals surface area contributed by atoms with Crippen molar-refractivity contribution in [3.63, 3.8) is 0 Å². The van der Waals surface area contributed by atoms with E-state index in [4.69, 9.17) is 9.47 Å². The summed E-state index contributed by atoms with van der Waals surface area (Å²) >= 11 is 0. The monoisotopic (exact) mass is 554 g/mol. The number of benzene rings is 4. The van der Waals surface area contributed by atoms with Crippen molar-refractivity contribution in [2.75, 3.05) is 4.90 Å². The van der Waals surface area contributed by atoms with Gasteiger partial charge in [0.15, 0.2) is 0 Å². The summed E-state index contributed by atoms with van der Waals surface area (Å²) in [5, 5.41) is 9.41. The van der Waals surface area contributed by atoms with Crippen LogP contribution >= 0.6 is 0 Å². The summed E-state index contributed by atoms with van der Waals surface area (Å²) in [5.41, 5.74) is 7.69. The minimum absolute atomic E-state index is 0.178. The first kappa shape index (κ1) is 28.1. The average Bonchev–Trinajstić information content (AvgIpc) is 3.19. The van der Waals surface area contributed by atoms with E-state index in [1.165, 1.54) is 28.3 Å². The molecule has 6 heteroatoms. The molecule has 42 heavy (non-hydrogen) atoms. The van der Waals surface area contributed by atoms with Gasteiger partial charge in [-0.1, -0.05) is 57.3 Å². The highest BCUT2D eigenvalue weighted by molar-refractivity contribution is 5.91. The first-order valence-corrected chi connectivity index (χ1v) is 13.4. The molecule has 0 bridgehead atoms. The van der Waals surface area contributed by atoms with Crippen molar-refractivity contribution in [2.24, 2.45) is 0 Å². The Balaban J connectivity index is 1.70. The van der Waals surface area contributed by atoms with Crippen LogP contribution in [-0.4, -0.2) is 11.9 Å². The van der Waals surface area contributed by atoms with Crippen LogP contribution < -0.4 is 14.4 Å². The molecule has 6 nitrogen and oxygen atoms in total. The second-order valence-electron chi connectivity index (χ2n) is 10.9. The lowest BCUT2D eigenvalue weighted by Crippen LogP contribution is -2.17. The zero-order chi connectivity index (χ0) is 30.2. The summed E-state index contributed by atoms with van der Waals surface area (Å²) in [6.45, 7) is 14.9. The van der Waals surface area contributed by atoms with Gasteiger partial charge in [-0.05, 0) is 72.5 Å². The highest BCUT2D eigenvalue weighted by Crippen LogP contribution is 2.50. The molecule has 0 N–H and O–H groups in total. The van der Waals surface area contributed by atoms with Crippen molar-refractivity contribution in [3.8, 4) is 28.7 Å². The van der Waals surface area contributed by atoms with Crippen LogP contribution in [0.15, 0.2) is 109 Å². The van der Waals surface area contributed by atoms with Crippen LogP contribution in [0.2, 0.25) is 0 Å². The fourth-order valence-electron chi connectivity index (χ4n) is 5.16. The topological polar surface area (TPSA) is 79.6 Å². The molecule has 0 atom stereocenters. The van der Waals surface area contributed by atoms with Crippen LogP contribution in [0.4, 0.5) is 17.1 Å². The van der Waals surface area contributed by atoms with E-state index in [-0.39, 0.29) is 28.1 Å². The molecule has 0 saturated carbocycles. The van der Waals surface area contributed by atoms with E-state index in [9.17, 15) is 14.9 Å². The molecule has 0 amide bonds. The molecule has 0 aromatic heterocycles. The van der Waals surface area contributed by atoms with Gasteiger partial charge in [0.1, 0.15) is 11.5 Å². The van der Waals surface area contributed by atoms with Crippen molar-refractivity contribution in [2.45, 2.75) is 33.1 Å². The molecular formula is C36H30N2O4. The predicted molar refractivity (Wildman–Crippen MR) is 164 cm³/mol. The van der Waals surface area contributed by atoms with E-state index in [1.54, 1.807) is 38.1 Å². The van der Waals surface area contributed by atoms with Crippen molar-refractivity contribution in [1.82, 2.24) is 0 Å². The summed E-state index contributed by atoms with van der Waals surface area (Å²) in [6.07, 6.45) is 0. The summed E-state index contributed by atoms with van der Waals surface area (Å²) in [6, 6.07) is 28.9. The normalized spacial score (nSPS) is 12.4. The van der Waals surface area contributed by atoms with Gasteiger partial charge in [0.05, 0.1) is 17.3 Å². The molecular weight excluding hydrogens is 524 g/mol. The quantitative estimate of drug-likeness (QED) is 0.130. The minimum atomic E-state index is -0.605. The number of hydrogen-bond acceptors (Lipinski definition) is 6. The fraction of sp³-hybridized carbons (Fsp3) is 0.139. The van der Waals surface area contributed by atoms with Gasteiger partial charge in [-0.15, -0.1) is 0 Å². The molecule has 0 heterocycles. The molecule has 0 radical (unpaired) electrons. The third-order valence-corrected chi connectivity index (χ3v) is 7.32. The van der Waals surface area contributed by atoms with Gasteiger partial charge in [-0.2, -0.15) is 5.26 Å². The van der Waals surface area contributed by atoms with Gasteiger partial charge < -0.3 is 14.4 Å². The highest BCUT2D eigenvalue weighted by atomic mass is 16.5. The molecule has 0 aliphatic heterocycles. The molecule has 4 aromatic carbocycles. The zero-order valence-electron chi connectivity index (χ0n) is 24.0. The van der Waals surface area contributed by atoms with Gasteiger partial charge >= 0.3 is 11.9 Å². The van der Waals surface area contributed by atoms with Crippen LogP contribution in [0.1, 0.15) is 44.4 Å². The van der Waals surface area contributed by atoms with Gasteiger partial charge in [0.25, 0.3) is 0 Å². The molecule has 0 saturated heterocycles. The zero-order valence-corrected chi connectivity index (χ0v) is 24.0. The van der Waals surface area contributed by atoms with Crippen LogP contribution in [0.3, 0.4) is 0 Å². The maximum atomic E-state index is 12.5. The number of ether oxygens (including phenoxy) is 2. The number of nitriles is 1. The lowest BCUT2D eigenvalue weighted by Gasteiger charge is -2.28. The molecule has 0 spiro atoms. The molecule has 1 aliphatic carbocycles. The van der Waals surface area contributed by atoms with Crippen LogP contribution in [0.5, 0.6) is 11.5 Å². The first-order chi connectivity index (χ1) is 20.0. The number of carbonyl (C=O) groups is 2. The molecule has 208 valence electrons. The van der Waals surface area contributed by atoms with E-state index < -0.39 is 11.9 Å². The Hall–Kier alpha value is -5.41. The maximum absolute atomic E-state index is 12.5. The van der Waals surface area contributed by atoms with Crippen LogP contribution in [0.25, 0.3) is 11.1 Å². The minimum Gasteiger partial charge on any atom is -0.423 e. The first-order valence-electron chi connectivity index (χ1n) is 13.4. The Bertz CT molecular complexity index is 1760. The van der Waals surface area contributed by atoms with Gasteiger partial charge in [-0.3, -0.25) is 0 Å². The van der Waals surface area contributed by atoms with E-state index in [2.05, 4.69) is 63.4 Å². The van der Waals surface area contributed by atoms with E-state index in [0.29, 0.717) is 11.3 Å². The largest absolute Gasteiger partial charge is 0.423 e. The third-order valence-electron chi connectivity index (χ3n) is 7.32. The van der Waals surface area contributed by atoms with Gasteiger partial charge in [0, 0.05) is 46.1 Å². The Labute approximate surface area is 245 Å².